The number of benzene rings is 2. The van der Waals surface area contributed by atoms with Gasteiger partial charge in [-0.25, -0.2) is 8.42 Å². The molecule has 2 amide bonds. The molecule has 2 N–H and O–H groups in total. The normalized spacial score (nSPS) is 18.6. The van der Waals surface area contributed by atoms with Crippen molar-refractivity contribution in [1.29, 1.82) is 0 Å². The minimum Gasteiger partial charge on any atom is -0.497 e. The summed E-state index contributed by atoms with van der Waals surface area (Å²) in [7, 11) is -2.08. The van der Waals surface area contributed by atoms with Crippen LogP contribution in [0.4, 0.5) is 0 Å². The molecular formula is C25H31N3O5S. The van der Waals surface area contributed by atoms with Gasteiger partial charge in [0.1, 0.15) is 5.75 Å². The van der Waals surface area contributed by atoms with E-state index in [1.807, 2.05) is 31.2 Å². The maximum absolute atomic E-state index is 13.1. The summed E-state index contributed by atoms with van der Waals surface area (Å²) >= 11 is 0. The van der Waals surface area contributed by atoms with E-state index in [0.29, 0.717) is 38.0 Å². The van der Waals surface area contributed by atoms with Gasteiger partial charge in [-0.15, -0.1) is 0 Å². The van der Waals surface area contributed by atoms with Crippen LogP contribution in [-0.2, 0) is 21.2 Å². The average Bonchev–Trinajstić information content (AvgIpc) is 2.85. The van der Waals surface area contributed by atoms with Gasteiger partial charge in [-0.1, -0.05) is 25.6 Å². The number of nitrogens with one attached hydrogen (secondary N) is 2. The zero-order valence-electron chi connectivity index (χ0n) is 19.5. The first-order valence-corrected chi connectivity index (χ1v) is 12.6. The number of rotatable bonds is 9. The lowest BCUT2D eigenvalue weighted by atomic mass is 9.95. The summed E-state index contributed by atoms with van der Waals surface area (Å²) in [6.45, 7) is 6.43. The van der Waals surface area contributed by atoms with E-state index in [1.54, 1.807) is 7.11 Å². The zero-order chi connectivity index (χ0) is 24.7. The van der Waals surface area contributed by atoms with Gasteiger partial charge >= 0.3 is 0 Å². The molecule has 0 bridgehead atoms. The molecule has 2 unspecified atom stereocenters. The Morgan fingerprint density at radius 2 is 1.82 bits per heavy atom. The highest BCUT2D eigenvalue weighted by Gasteiger charge is 2.34. The molecule has 0 radical (unpaired) electrons. The molecular weight excluding hydrogens is 454 g/mol. The molecule has 1 saturated heterocycles. The van der Waals surface area contributed by atoms with Gasteiger partial charge in [0.2, 0.25) is 15.9 Å². The van der Waals surface area contributed by atoms with Gasteiger partial charge in [0.15, 0.2) is 0 Å². The van der Waals surface area contributed by atoms with Crippen LogP contribution in [0, 0.1) is 5.92 Å². The van der Waals surface area contributed by atoms with Crippen LogP contribution in [0.5, 0.6) is 5.75 Å². The van der Waals surface area contributed by atoms with Crippen molar-refractivity contribution in [3.63, 3.8) is 0 Å². The molecule has 182 valence electrons. The minimum atomic E-state index is -3.70. The van der Waals surface area contributed by atoms with Crippen LogP contribution >= 0.6 is 0 Å². The fourth-order valence-electron chi connectivity index (χ4n) is 3.92. The highest BCUT2D eigenvalue weighted by Crippen LogP contribution is 2.24. The highest BCUT2D eigenvalue weighted by molar-refractivity contribution is 7.89. The number of nitrogens with zero attached hydrogens (tertiary/aromatic N) is 1. The quantitative estimate of drug-likeness (QED) is 0.531. The fourth-order valence-corrected chi connectivity index (χ4v) is 5.48. The van der Waals surface area contributed by atoms with Crippen molar-refractivity contribution >= 4 is 21.8 Å². The minimum absolute atomic E-state index is 0.0387. The second kappa shape index (κ2) is 11.3. The number of ether oxygens (including phenoxy) is 1. The van der Waals surface area contributed by atoms with Crippen molar-refractivity contribution in [1.82, 2.24) is 14.9 Å². The molecule has 1 fully saturated rings. The Morgan fingerprint density at radius 3 is 2.41 bits per heavy atom. The highest BCUT2D eigenvalue weighted by atomic mass is 32.2. The second-order valence-electron chi connectivity index (χ2n) is 8.33. The van der Waals surface area contributed by atoms with Crippen LogP contribution in [0.15, 0.2) is 66.1 Å². The molecule has 0 aliphatic carbocycles. The first kappa shape index (κ1) is 25.5. The van der Waals surface area contributed by atoms with Crippen LogP contribution in [-0.4, -0.2) is 57.3 Å². The van der Waals surface area contributed by atoms with E-state index in [4.69, 9.17) is 4.74 Å². The summed E-state index contributed by atoms with van der Waals surface area (Å²) in [5, 5.41) is 5.71. The van der Waals surface area contributed by atoms with Gasteiger partial charge in [0.05, 0.1) is 12.0 Å². The number of piperidine rings is 1. The van der Waals surface area contributed by atoms with E-state index in [1.165, 1.54) is 34.6 Å². The van der Waals surface area contributed by atoms with Crippen LogP contribution < -0.4 is 15.4 Å². The van der Waals surface area contributed by atoms with Gasteiger partial charge in [-0.05, 0) is 66.8 Å². The van der Waals surface area contributed by atoms with Crippen molar-refractivity contribution in [2.24, 2.45) is 5.92 Å². The lowest BCUT2D eigenvalue weighted by Crippen LogP contribution is -2.51. The van der Waals surface area contributed by atoms with Gasteiger partial charge in [-0.3, -0.25) is 9.59 Å². The third-order valence-electron chi connectivity index (χ3n) is 5.99. The third-order valence-corrected chi connectivity index (χ3v) is 7.87. The van der Waals surface area contributed by atoms with Crippen molar-refractivity contribution < 1.29 is 22.7 Å². The van der Waals surface area contributed by atoms with Crippen LogP contribution in [0.25, 0.3) is 0 Å². The average molecular weight is 486 g/mol. The van der Waals surface area contributed by atoms with E-state index in [0.717, 1.165) is 11.3 Å². The van der Waals surface area contributed by atoms with Crippen LogP contribution in [0.3, 0.4) is 0 Å². The molecule has 0 aromatic heterocycles. The number of hydrogen-bond donors (Lipinski definition) is 2. The Morgan fingerprint density at radius 1 is 1.15 bits per heavy atom. The Kier molecular flexibility index (Phi) is 8.46. The maximum Gasteiger partial charge on any atom is 0.251 e. The zero-order valence-corrected chi connectivity index (χ0v) is 20.3. The molecule has 0 saturated carbocycles. The molecule has 1 heterocycles. The molecule has 9 heteroatoms. The van der Waals surface area contributed by atoms with Crippen molar-refractivity contribution in [2.45, 2.75) is 30.7 Å². The first-order chi connectivity index (χ1) is 16.2. The summed E-state index contributed by atoms with van der Waals surface area (Å²) in [6, 6.07) is 13.5. The smallest absolute Gasteiger partial charge is 0.251 e. The monoisotopic (exact) mass is 485 g/mol. The summed E-state index contributed by atoms with van der Waals surface area (Å²) in [6.07, 6.45) is 2.41. The van der Waals surface area contributed by atoms with Crippen LogP contribution in [0.1, 0.15) is 29.3 Å². The van der Waals surface area contributed by atoms with Gasteiger partial charge in [0, 0.05) is 31.2 Å². The number of methoxy groups -OCH3 is 1. The first-order valence-electron chi connectivity index (χ1n) is 11.2. The summed E-state index contributed by atoms with van der Waals surface area (Å²) in [5.41, 5.74) is 1.47. The maximum atomic E-state index is 13.1. The predicted molar refractivity (Wildman–Crippen MR) is 130 cm³/mol. The topological polar surface area (TPSA) is 105 Å². The Bertz CT molecular complexity index is 1110. The van der Waals surface area contributed by atoms with Gasteiger partial charge in [-0.2, -0.15) is 4.31 Å². The Labute approximate surface area is 201 Å². The van der Waals surface area contributed by atoms with E-state index < -0.39 is 10.0 Å². The molecule has 34 heavy (non-hydrogen) atoms. The lowest BCUT2D eigenvalue weighted by molar-refractivity contribution is -0.117. The summed E-state index contributed by atoms with van der Waals surface area (Å²) < 4.78 is 32.7. The number of hydrogen-bond acceptors (Lipinski definition) is 5. The fraction of sp³-hybridized carbons (Fsp3) is 0.360. The third kappa shape index (κ3) is 6.24. The van der Waals surface area contributed by atoms with Gasteiger partial charge < -0.3 is 15.4 Å². The molecule has 2 aromatic rings. The summed E-state index contributed by atoms with van der Waals surface area (Å²) in [5.74, 6) is 0.222. The molecule has 2 atom stereocenters. The number of amides is 2. The van der Waals surface area contributed by atoms with E-state index in [9.17, 15) is 18.0 Å². The molecule has 2 aromatic carbocycles. The molecule has 0 spiro atoms. The standard InChI is InChI=1S/C25H31N3O5S/c1-4-24(29)27-23-14-16-28(17-18(23)2)34(31,32)22-11-7-20(8-12-22)25(30)26-15-13-19-5-9-21(33-3)10-6-19/h4-12,18,23H,1,13-17H2,2-3H3,(H,26,30)(H,27,29). The van der Waals surface area contributed by atoms with E-state index in [2.05, 4.69) is 17.2 Å². The SMILES string of the molecule is C=CC(=O)NC1CCN(S(=O)(=O)c2ccc(C(=O)NCCc3ccc(OC)cc3)cc2)CC1C. The largest absolute Gasteiger partial charge is 0.497 e. The Balaban J connectivity index is 1.55. The van der Waals surface area contributed by atoms with Crippen molar-refractivity contribution in [3.8, 4) is 5.75 Å². The molecule has 8 nitrogen and oxygen atoms in total. The van der Waals surface area contributed by atoms with E-state index >= 15 is 0 Å². The Hall–Kier alpha value is -3.17. The molecule has 1 aliphatic rings. The summed E-state index contributed by atoms with van der Waals surface area (Å²) in [4.78, 5) is 24.2. The molecule has 3 rings (SSSR count). The van der Waals surface area contributed by atoms with Gasteiger partial charge in [0.25, 0.3) is 5.91 Å². The van der Waals surface area contributed by atoms with Crippen LogP contribution in [0.2, 0.25) is 0 Å². The molecule has 1 aliphatic heterocycles. The number of carbonyl (C=O) groups is 2. The number of carbonyl (C=O) groups excluding carboxylic acids is 2. The lowest BCUT2D eigenvalue weighted by Gasteiger charge is -2.36. The number of sulfonamides is 1. The second-order valence-corrected chi connectivity index (χ2v) is 10.3. The predicted octanol–water partition coefficient (Wildman–Crippen LogP) is 2.37. The van der Waals surface area contributed by atoms with Crippen molar-refractivity contribution in [3.05, 3.63) is 72.3 Å². The van der Waals surface area contributed by atoms with Crippen molar-refractivity contribution in [2.75, 3.05) is 26.7 Å². The van der Waals surface area contributed by atoms with E-state index in [-0.39, 0.29) is 28.7 Å².